The first-order valence-electron chi connectivity index (χ1n) is 13.4. The Bertz CT molecular complexity index is 1250. The number of pyridine rings is 1. The fourth-order valence-corrected chi connectivity index (χ4v) is 6.83. The number of para-hydroxylation sites is 2. The van der Waals surface area contributed by atoms with Gasteiger partial charge in [0.1, 0.15) is 12.1 Å². The molecule has 6 heteroatoms. The molecule has 0 aliphatic carbocycles. The average Bonchev–Trinajstić information content (AvgIpc) is 2.92. The van der Waals surface area contributed by atoms with Crippen molar-refractivity contribution in [3.63, 3.8) is 0 Å². The van der Waals surface area contributed by atoms with Gasteiger partial charge >= 0.3 is 0 Å². The highest BCUT2D eigenvalue weighted by molar-refractivity contribution is 5.93. The van der Waals surface area contributed by atoms with Crippen molar-refractivity contribution in [1.82, 2.24) is 4.98 Å². The lowest BCUT2D eigenvalue weighted by atomic mass is 9.71. The topological polar surface area (TPSA) is 62.2 Å². The second kappa shape index (κ2) is 11.5. The van der Waals surface area contributed by atoms with Crippen molar-refractivity contribution < 1.29 is 31.4 Å². The SMILES string of the molecule is C=CC1C[N@+]2(CC(=O)Nc3c(CC)cccc3CC)CCC1CC2C(O)c1ccnc2ccccc12.[Br-]. The quantitative estimate of drug-likeness (QED) is 0.327. The van der Waals surface area contributed by atoms with E-state index < -0.39 is 6.10 Å². The van der Waals surface area contributed by atoms with E-state index in [4.69, 9.17) is 0 Å². The number of halogens is 1. The number of rotatable bonds is 8. The number of aromatic nitrogens is 1. The number of hydrogen-bond donors (Lipinski definition) is 2. The molecule has 3 aromatic rings. The zero-order chi connectivity index (χ0) is 25.3. The average molecular weight is 565 g/mol. The maximum Gasteiger partial charge on any atom is 0.279 e. The molecule has 3 aliphatic rings. The second-order valence-electron chi connectivity index (χ2n) is 10.6. The van der Waals surface area contributed by atoms with Crippen LogP contribution in [0.1, 0.15) is 49.5 Å². The van der Waals surface area contributed by atoms with Crippen LogP contribution in [0.15, 0.2) is 67.4 Å². The molecule has 5 atom stereocenters. The first-order valence-corrected chi connectivity index (χ1v) is 13.4. The van der Waals surface area contributed by atoms with E-state index in [1.807, 2.05) is 30.3 Å². The maximum absolute atomic E-state index is 13.7. The van der Waals surface area contributed by atoms with E-state index in [1.165, 1.54) is 11.1 Å². The van der Waals surface area contributed by atoms with Crippen LogP contribution in [0.2, 0.25) is 0 Å². The van der Waals surface area contributed by atoms with Gasteiger partial charge in [0.25, 0.3) is 5.91 Å². The molecule has 2 N–H and O–H groups in total. The summed E-state index contributed by atoms with van der Waals surface area (Å²) in [6.45, 7) is 10.5. The molecule has 2 bridgehead atoms. The van der Waals surface area contributed by atoms with Crippen molar-refractivity contribution in [3.05, 3.63) is 84.1 Å². The van der Waals surface area contributed by atoms with Crippen molar-refractivity contribution in [2.24, 2.45) is 11.8 Å². The second-order valence-corrected chi connectivity index (χ2v) is 10.6. The smallest absolute Gasteiger partial charge is 0.279 e. The summed E-state index contributed by atoms with van der Waals surface area (Å²) in [5, 5.41) is 16.1. The highest BCUT2D eigenvalue weighted by Crippen LogP contribution is 2.47. The van der Waals surface area contributed by atoms with Gasteiger partial charge < -0.3 is 31.9 Å². The molecule has 1 aromatic heterocycles. The van der Waals surface area contributed by atoms with Crippen LogP contribution < -0.4 is 22.3 Å². The van der Waals surface area contributed by atoms with E-state index in [9.17, 15) is 9.90 Å². The highest BCUT2D eigenvalue weighted by Gasteiger charge is 2.54. The molecular weight excluding hydrogens is 526 g/mol. The molecule has 37 heavy (non-hydrogen) atoms. The molecule has 4 heterocycles. The Balaban J connectivity index is 0.00000320. The Morgan fingerprint density at radius 1 is 1.16 bits per heavy atom. The van der Waals surface area contributed by atoms with Crippen molar-refractivity contribution >= 4 is 22.5 Å². The lowest BCUT2D eigenvalue weighted by molar-refractivity contribution is -0.966. The lowest BCUT2D eigenvalue weighted by Crippen LogP contribution is -3.00. The molecule has 6 rings (SSSR count). The zero-order valence-electron chi connectivity index (χ0n) is 21.9. The maximum atomic E-state index is 13.7. The number of fused-ring (bicyclic) bond motifs is 4. The van der Waals surface area contributed by atoms with Gasteiger partial charge in [0.15, 0.2) is 6.54 Å². The first kappa shape index (κ1) is 27.5. The number of nitrogens with zero attached hydrogens (tertiary/aromatic N) is 2. The summed E-state index contributed by atoms with van der Waals surface area (Å²) in [6.07, 6.45) is 6.91. The van der Waals surface area contributed by atoms with Gasteiger partial charge in [-0.3, -0.25) is 9.78 Å². The molecule has 4 unspecified atom stereocenters. The summed E-state index contributed by atoms with van der Waals surface area (Å²) < 4.78 is 0.604. The third-order valence-electron chi connectivity index (χ3n) is 8.76. The predicted molar refractivity (Wildman–Crippen MR) is 146 cm³/mol. The van der Waals surface area contributed by atoms with Crippen molar-refractivity contribution in [3.8, 4) is 0 Å². The minimum Gasteiger partial charge on any atom is -1.00 e. The Morgan fingerprint density at radius 2 is 1.89 bits per heavy atom. The van der Waals surface area contributed by atoms with Crippen LogP contribution in [0.25, 0.3) is 10.9 Å². The van der Waals surface area contributed by atoms with E-state index in [0.717, 1.165) is 60.9 Å². The summed E-state index contributed by atoms with van der Waals surface area (Å²) in [6, 6.07) is 16.2. The molecular formula is C31H38BrN3O2. The Hall–Kier alpha value is -2.54. The number of anilines is 1. The van der Waals surface area contributed by atoms with E-state index in [1.54, 1.807) is 6.20 Å². The number of aliphatic hydroxyl groups is 1. The molecule has 3 saturated heterocycles. The number of carbonyl (C=O) groups is 1. The van der Waals surface area contributed by atoms with Gasteiger partial charge in [-0.1, -0.05) is 56.3 Å². The predicted octanol–water partition coefficient (Wildman–Crippen LogP) is 2.45. The van der Waals surface area contributed by atoms with Crippen LogP contribution in [-0.2, 0) is 17.6 Å². The van der Waals surface area contributed by atoms with Crippen molar-refractivity contribution in [1.29, 1.82) is 0 Å². The molecule has 0 spiro atoms. The van der Waals surface area contributed by atoms with E-state index >= 15 is 0 Å². The van der Waals surface area contributed by atoms with Crippen molar-refractivity contribution in [2.45, 2.75) is 51.7 Å². The van der Waals surface area contributed by atoms with E-state index in [0.29, 0.717) is 22.9 Å². The Morgan fingerprint density at radius 3 is 2.59 bits per heavy atom. The number of aryl methyl sites for hydroxylation is 2. The minimum absolute atomic E-state index is 0. The Labute approximate surface area is 231 Å². The summed E-state index contributed by atoms with van der Waals surface area (Å²) in [5.74, 6) is 0.912. The number of benzene rings is 2. The van der Waals surface area contributed by atoms with E-state index in [2.05, 4.69) is 55.0 Å². The number of quaternary nitrogens is 1. The van der Waals surface area contributed by atoms with Crippen LogP contribution in [-0.4, -0.2) is 46.2 Å². The van der Waals surface area contributed by atoms with Gasteiger partial charge in [0, 0.05) is 36.0 Å². The fourth-order valence-electron chi connectivity index (χ4n) is 6.83. The Kier molecular flexibility index (Phi) is 8.52. The number of hydrogen-bond acceptors (Lipinski definition) is 3. The molecule has 196 valence electrons. The minimum atomic E-state index is -0.659. The number of piperidine rings is 3. The molecule has 0 radical (unpaired) electrons. The van der Waals surface area contributed by atoms with Gasteiger partial charge in [-0.05, 0) is 47.6 Å². The van der Waals surface area contributed by atoms with E-state index in [-0.39, 0.29) is 28.9 Å². The zero-order valence-corrected chi connectivity index (χ0v) is 23.5. The molecule has 0 saturated carbocycles. The fraction of sp³-hybridized carbons (Fsp3) is 0.419. The van der Waals surface area contributed by atoms with Gasteiger partial charge in [0.2, 0.25) is 0 Å². The van der Waals surface area contributed by atoms with Gasteiger partial charge in [-0.2, -0.15) is 0 Å². The first-order chi connectivity index (χ1) is 17.5. The van der Waals surface area contributed by atoms with Crippen LogP contribution in [0.3, 0.4) is 0 Å². The summed E-state index contributed by atoms with van der Waals surface area (Å²) >= 11 is 0. The van der Waals surface area contributed by atoms with Crippen LogP contribution in [0.4, 0.5) is 5.69 Å². The molecule has 3 aliphatic heterocycles. The molecule has 1 amide bonds. The van der Waals surface area contributed by atoms with Crippen LogP contribution >= 0.6 is 0 Å². The number of carbonyl (C=O) groups excluding carboxylic acids is 1. The monoisotopic (exact) mass is 563 g/mol. The van der Waals surface area contributed by atoms with Gasteiger partial charge in [0.05, 0.1) is 18.6 Å². The van der Waals surface area contributed by atoms with Crippen LogP contribution in [0.5, 0.6) is 0 Å². The number of aliphatic hydroxyl groups excluding tert-OH is 1. The standard InChI is InChI=1S/C31H37N3O2.BrH/c1-4-21-10-9-11-22(5-2)30(21)33-29(35)20-34-17-15-24(23(6-3)19-34)18-28(34)31(36)26-14-16-32-27-13-8-7-12-25(26)27;/h6-14,16,23-24,28,31,36H,3-5,15,17-20H2,1-2H3;1H/t23?,24?,28?,31?,34-;/m0./s1. The normalized spacial score (nSPS) is 25.3. The highest BCUT2D eigenvalue weighted by atomic mass is 79.9. The van der Waals surface area contributed by atoms with Crippen molar-refractivity contribution in [2.75, 3.05) is 25.0 Å². The molecule has 3 fully saturated rings. The summed E-state index contributed by atoms with van der Waals surface area (Å²) in [4.78, 5) is 18.2. The van der Waals surface area contributed by atoms with Crippen LogP contribution in [0, 0.1) is 11.8 Å². The third kappa shape index (κ3) is 5.12. The lowest BCUT2D eigenvalue weighted by Gasteiger charge is -2.57. The number of amides is 1. The third-order valence-corrected chi connectivity index (χ3v) is 8.76. The largest absolute Gasteiger partial charge is 1.00 e. The molecule has 2 aromatic carbocycles. The summed E-state index contributed by atoms with van der Waals surface area (Å²) in [7, 11) is 0. The van der Waals surface area contributed by atoms with Gasteiger partial charge in [-0.15, -0.1) is 6.58 Å². The van der Waals surface area contributed by atoms with Gasteiger partial charge in [-0.25, -0.2) is 0 Å². The summed E-state index contributed by atoms with van der Waals surface area (Å²) in [5.41, 5.74) is 5.11. The molecule has 5 nitrogen and oxygen atoms in total. The number of nitrogens with one attached hydrogen (secondary N) is 1.